The lowest BCUT2D eigenvalue weighted by molar-refractivity contribution is 0.919. The van der Waals surface area contributed by atoms with E-state index in [1.165, 1.54) is 34.7 Å². The van der Waals surface area contributed by atoms with Crippen molar-refractivity contribution in [3.63, 3.8) is 0 Å². The minimum Gasteiger partial charge on any atom is -0.398 e. The van der Waals surface area contributed by atoms with Crippen LogP contribution in [0.2, 0.25) is 0 Å². The molecule has 0 bridgehead atoms. The van der Waals surface area contributed by atoms with Crippen molar-refractivity contribution in [2.24, 2.45) is 0 Å². The van der Waals surface area contributed by atoms with Gasteiger partial charge in [-0.1, -0.05) is 51.0 Å². The zero-order chi connectivity index (χ0) is 12.3. The summed E-state index contributed by atoms with van der Waals surface area (Å²) in [6.07, 6.45) is 4.59. The highest BCUT2D eigenvalue weighted by Crippen LogP contribution is 2.27. The highest BCUT2D eigenvalue weighted by Gasteiger charge is 2.05. The summed E-state index contributed by atoms with van der Waals surface area (Å²) in [5.74, 6) is 0. The number of hydrogen-bond donors (Lipinski definition) is 1. The average molecular weight is 227 g/mol. The van der Waals surface area contributed by atoms with Gasteiger partial charge in [0.25, 0.3) is 0 Å². The monoisotopic (exact) mass is 227 g/mol. The second-order valence-electron chi connectivity index (χ2n) is 4.70. The molecule has 2 aromatic carbocycles. The van der Waals surface area contributed by atoms with E-state index in [9.17, 15) is 0 Å². The van der Waals surface area contributed by atoms with Crippen molar-refractivity contribution < 1.29 is 0 Å². The zero-order valence-corrected chi connectivity index (χ0v) is 10.8. The normalized spacial score (nSPS) is 10.9. The van der Waals surface area contributed by atoms with Crippen molar-refractivity contribution in [3.05, 3.63) is 41.5 Å². The molecule has 0 aliphatic carbocycles. The summed E-state index contributed by atoms with van der Waals surface area (Å²) in [6, 6.07) is 10.9. The van der Waals surface area contributed by atoms with Gasteiger partial charge in [-0.25, -0.2) is 0 Å². The predicted molar refractivity (Wildman–Crippen MR) is 76.4 cm³/mol. The van der Waals surface area contributed by atoms with Gasteiger partial charge in [-0.3, -0.25) is 0 Å². The van der Waals surface area contributed by atoms with Crippen LogP contribution in [0.4, 0.5) is 5.69 Å². The Bertz CT molecular complexity index is 514. The first-order valence-electron chi connectivity index (χ1n) is 6.56. The molecule has 0 heterocycles. The van der Waals surface area contributed by atoms with Crippen LogP contribution in [0.25, 0.3) is 10.8 Å². The first kappa shape index (κ1) is 12.0. The van der Waals surface area contributed by atoms with E-state index >= 15 is 0 Å². The minimum atomic E-state index is 0.920. The molecule has 0 spiro atoms. The van der Waals surface area contributed by atoms with Crippen LogP contribution in [0, 0.1) is 0 Å². The molecule has 2 aromatic rings. The predicted octanol–water partition coefficient (Wildman–Crippen LogP) is 4.33. The third kappa shape index (κ3) is 2.44. The van der Waals surface area contributed by atoms with E-state index in [0.29, 0.717) is 0 Å². The summed E-state index contributed by atoms with van der Waals surface area (Å²) in [5.41, 5.74) is 9.86. The average Bonchev–Trinajstić information content (AvgIpc) is 2.31. The summed E-state index contributed by atoms with van der Waals surface area (Å²) in [4.78, 5) is 0. The molecule has 0 aromatic heterocycles. The number of rotatable bonds is 4. The molecule has 0 radical (unpaired) electrons. The van der Waals surface area contributed by atoms with Crippen molar-refractivity contribution in [2.45, 2.75) is 39.5 Å². The van der Waals surface area contributed by atoms with Crippen molar-refractivity contribution in [1.29, 1.82) is 0 Å². The molecule has 0 unspecified atom stereocenters. The van der Waals surface area contributed by atoms with E-state index < -0.39 is 0 Å². The SMILES string of the molecule is CCCc1cc(N)c2cccc(CCC)c2c1. The quantitative estimate of drug-likeness (QED) is 0.773. The maximum absolute atomic E-state index is 6.15. The van der Waals surface area contributed by atoms with E-state index in [1.54, 1.807) is 0 Å². The molecule has 1 nitrogen and oxygen atoms in total. The smallest absolute Gasteiger partial charge is 0.0396 e. The lowest BCUT2D eigenvalue weighted by atomic mass is 9.96. The Balaban J connectivity index is 2.60. The van der Waals surface area contributed by atoms with E-state index in [4.69, 9.17) is 5.73 Å². The lowest BCUT2D eigenvalue weighted by Gasteiger charge is -2.10. The van der Waals surface area contributed by atoms with Gasteiger partial charge in [-0.05, 0) is 35.4 Å². The van der Waals surface area contributed by atoms with Crippen LogP contribution >= 0.6 is 0 Å². The van der Waals surface area contributed by atoms with Gasteiger partial charge in [0.05, 0.1) is 0 Å². The summed E-state index contributed by atoms with van der Waals surface area (Å²) in [5, 5.41) is 2.55. The number of hydrogen-bond acceptors (Lipinski definition) is 1. The van der Waals surface area contributed by atoms with Gasteiger partial charge in [-0.2, -0.15) is 0 Å². The molecule has 0 atom stereocenters. The van der Waals surface area contributed by atoms with Gasteiger partial charge in [0.15, 0.2) is 0 Å². The Kier molecular flexibility index (Phi) is 3.68. The van der Waals surface area contributed by atoms with Crippen LogP contribution in [0.15, 0.2) is 30.3 Å². The van der Waals surface area contributed by atoms with Crippen molar-refractivity contribution in [1.82, 2.24) is 0 Å². The largest absolute Gasteiger partial charge is 0.398 e. The Morgan fingerprint density at radius 3 is 2.41 bits per heavy atom. The second kappa shape index (κ2) is 5.22. The molecule has 0 saturated carbocycles. The van der Waals surface area contributed by atoms with Crippen LogP contribution in [0.1, 0.15) is 37.8 Å². The molecular formula is C16H21N. The summed E-state index contributed by atoms with van der Waals surface area (Å²) < 4.78 is 0. The van der Waals surface area contributed by atoms with E-state index in [1.807, 2.05) is 0 Å². The van der Waals surface area contributed by atoms with E-state index in [2.05, 4.69) is 44.2 Å². The number of aryl methyl sites for hydroxylation is 2. The fourth-order valence-electron chi connectivity index (χ4n) is 2.46. The third-order valence-electron chi connectivity index (χ3n) is 3.24. The van der Waals surface area contributed by atoms with Gasteiger partial charge in [0.1, 0.15) is 0 Å². The maximum atomic E-state index is 6.15. The first-order valence-corrected chi connectivity index (χ1v) is 6.56. The van der Waals surface area contributed by atoms with Crippen LogP contribution in [-0.4, -0.2) is 0 Å². The topological polar surface area (TPSA) is 26.0 Å². The van der Waals surface area contributed by atoms with E-state index in [-0.39, 0.29) is 0 Å². The van der Waals surface area contributed by atoms with E-state index in [0.717, 1.165) is 18.5 Å². The zero-order valence-electron chi connectivity index (χ0n) is 10.8. The molecule has 0 amide bonds. The highest BCUT2D eigenvalue weighted by molar-refractivity contribution is 5.95. The van der Waals surface area contributed by atoms with Gasteiger partial charge < -0.3 is 5.73 Å². The minimum absolute atomic E-state index is 0.920. The van der Waals surface area contributed by atoms with Crippen LogP contribution in [0.3, 0.4) is 0 Å². The van der Waals surface area contributed by atoms with Gasteiger partial charge in [0.2, 0.25) is 0 Å². The molecule has 0 aliphatic rings. The maximum Gasteiger partial charge on any atom is 0.0396 e. The second-order valence-corrected chi connectivity index (χ2v) is 4.70. The fourth-order valence-corrected chi connectivity index (χ4v) is 2.46. The number of fused-ring (bicyclic) bond motifs is 1. The van der Waals surface area contributed by atoms with Crippen molar-refractivity contribution >= 4 is 16.5 Å². The Hall–Kier alpha value is -1.50. The third-order valence-corrected chi connectivity index (χ3v) is 3.24. The lowest BCUT2D eigenvalue weighted by Crippen LogP contribution is -1.94. The Morgan fingerprint density at radius 1 is 0.941 bits per heavy atom. The van der Waals surface area contributed by atoms with Gasteiger partial charge >= 0.3 is 0 Å². The molecule has 0 saturated heterocycles. The molecule has 17 heavy (non-hydrogen) atoms. The Labute approximate surface area is 104 Å². The number of nitrogen functional groups attached to an aromatic ring is 1. The van der Waals surface area contributed by atoms with Crippen molar-refractivity contribution in [3.8, 4) is 0 Å². The molecule has 90 valence electrons. The Morgan fingerprint density at radius 2 is 1.71 bits per heavy atom. The van der Waals surface area contributed by atoms with Crippen LogP contribution < -0.4 is 5.73 Å². The number of nitrogens with two attached hydrogens (primary N) is 1. The van der Waals surface area contributed by atoms with Crippen LogP contribution in [0.5, 0.6) is 0 Å². The standard InChI is InChI=1S/C16H21N/c1-3-6-12-10-15-13(7-4-2)8-5-9-14(15)16(17)11-12/h5,8-11H,3-4,6-7,17H2,1-2H3. The van der Waals surface area contributed by atoms with Crippen molar-refractivity contribution in [2.75, 3.05) is 5.73 Å². The molecule has 0 aliphatic heterocycles. The first-order chi connectivity index (χ1) is 8.26. The molecule has 2 rings (SSSR count). The molecule has 0 fully saturated rings. The number of anilines is 1. The van der Waals surface area contributed by atoms with Crippen LogP contribution in [-0.2, 0) is 12.8 Å². The number of benzene rings is 2. The fraction of sp³-hybridized carbons (Fsp3) is 0.375. The summed E-state index contributed by atoms with van der Waals surface area (Å²) in [6.45, 7) is 4.43. The molecule has 1 heteroatoms. The summed E-state index contributed by atoms with van der Waals surface area (Å²) in [7, 11) is 0. The van der Waals surface area contributed by atoms with Gasteiger partial charge in [-0.15, -0.1) is 0 Å². The molecule has 2 N–H and O–H groups in total. The molecular weight excluding hydrogens is 206 g/mol. The van der Waals surface area contributed by atoms with Gasteiger partial charge in [0, 0.05) is 11.1 Å². The summed E-state index contributed by atoms with van der Waals surface area (Å²) >= 11 is 0. The highest BCUT2D eigenvalue weighted by atomic mass is 14.5.